The first-order valence-corrected chi connectivity index (χ1v) is 15.9. The number of aromatic nitrogens is 2. The Hall–Kier alpha value is -4.75. The number of alkyl halides is 1. The zero-order valence-electron chi connectivity index (χ0n) is 26.7. The van der Waals surface area contributed by atoms with Crippen LogP contribution >= 0.6 is 0 Å². The van der Waals surface area contributed by atoms with Gasteiger partial charge in [-0.05, 0) is 52.9 Å². The molecule has 0 aliphatic carbocycles. The average Bonchev–Trinajstić information content (AvgIpc) is 3.67. The van der Waals surface area contributed by atoms with Crippen LogP contribution in [0, 0.1) is 11.6 Å². The Kier molecular flexibility index (Phi) is 7.00. The van der Waals surface area contributed by atoms with Crippen molar-refractivity contribution in [1.29, 1.82) is 0 Å². The Morgan fingerprint density at radius 3 is 2.10 bits per heavy atom. The molecule has 8 rings (SSSR count). The molecule has 6 aromatic rings. The maximum absolute atomic E-state index is 15.0. The zero-order valence-corrected chi connectivity index (χ0v) is 26.7. The quantitative estimate of drug-likeness (QED) is 0.177. The average molecular weight is 672 g/mol. The second-order valence-electron chi connectivity index (χ2n) is 13.9. The smallest absolute Gasteiger partial charge is 0.262 e. The number of rotatable bonds is 4. The Balaban J connectivity index is 1.44. The van der Waals surface area contributed by atoms with Crippen LogP contribution in [-0.4, -0.2) is 72.7 Å². The zero-order chi connectivity index (χ0) is 34.7. The lowest BCUT2D eigenvalue weighted by molar-refractivity contribution is -0.245. The molecule has 4 N–H and O–H groups in total. The van der Waals surface area contributed by atoms with Crippen molar-refractivity contribution in [2.45, 2.75) is 63.4 Å². The Morgan fingerprint density at radius 2 is 1.45 bits per heavy atom. The van der Waals surface area contributed by atoms with Crippen molar-refractivity contribution in [2.75, 3.05) is 6.67 Å². The molecule has 4 heterocycles. The van der Waals surface area contributed by atoms with E-state index in [1.807, 2.05) is 24.3 Å². The summed E-state index contributed by atoms with van der Waals surface area (Å²) in [4.78, 5) is 33.2. The lowest BCUT2D eigenvalue weighted by Gasteiger charge is -2.40. The number of aromatic amines is 1. The maximum atomic E-state index is 15.0. The maximum Gasteiger partial charge on any atom is 0.262 e. The van der Waals surface area contributed by atoms with Gasteiger partial charge in [0.1, 0.15) is 42.7 Å². The summed E-state index contributed by atoms with van der Waals surface area (Å²) >= 11 is 0. The standard InChI is InChI=1S/C37H32F3N3O6/c1-37(2,3)17-6-4-16(5-7-17)15-42-34(47)27-25-20-12-18(39)8-10-22(20)41-29(25)30-26(28(27)35(42)48)21-13-19(40)9-11-23(21)43(30)36-33(46)32(45)31(44)24(14-38)49-36/h4-13,24,31-33,36,41,44-46H,14-15H2,1-3H3/t24-,31-,32+,33-,36-/m1/s1. The van der Waals surface area contributed by atoms with E-state index in [1.165, 1.54) is 34.9 Å². The first kappa shape index (κ1) is 31.5. The van der Waals surface area contributed by atoms with Gasteiger partial charge in [0.25, 0.3) is 11.8 Å². The van der Waals surface area contributed by atoms with Gasteiger partial charge in [-0.15, -0.1) is 0 Å². The third kappa shape index (κ3) is 4.54. The molecule has 2 aromatic heterocycles. The van der Waals surface area contributed by atoms with Gasteiger partial charge in [-0.25, -0.2) is 13.2 Å². The third-order valence-corrected chi connectivity index (χ3v) is 9.88. The highest BCUT2D eigenvalue weighted by Crippen LogP contribution is 2.47. The summed E-state index contributed by atoms with van der Waals surface area (Å²) in [6.07, 6.45) is -8.42. The minimum Gasteiger partial charge on any atom is -0.387 e. The molecule has 252 valence electrons. The monoisotopic (exact) mass is 671 g/mol. The van der Waals surface area contributed by atoms with Crippen LogP contribution in [0.3, 0.4) is 0 Å². The number of amides is 2. The lowest BCUT2D eigenvalue weighted by atomic mass is 9.87. The lowest BCUT2D eigenvalue weighted by Crippen LogP contribution is -2.56. The largest absolute Gasteiger partial charge is 0.387 e. The van der Waals surface area contributed by atoms with E-state index in [2.05, 4.69) is 25.8 Å². The van der Waals surface area contributed by atoms with E-state index >= 15 is 4.39 Å². The molecule has 12 heteroatoms. The number of hydrogen-bond acceptors (Lipinski definition) is 6. The normalized spacial score (nSPS) is 23.1. The molecule has 0 radical (unpaired) electrons. The number of benzene rings is 4. The molecular weight excluding hydrogens is 639 g/mol. The van der Waals surface area contributed by atoms with Gasteiger partial charge in [0.2, 0.25) is 0 Å². The highest BCUT2D eigenvalue weighted by atomic mass is 19.1. The molecule has 2 aliphatic rings. The van der Waals surface area contributed by atoms with Crippen molar-refractivity contribution in [3.63, 3.8) is 0 Å². The van der Waals surface area contributed by atoms with Crippen molar-refractivity contribution >= 4 is 55.4 Å². The van der Waals surface area contributed by atoms with Crippen LogP contribution in [0.15, 0.2) is 60.7 Å². The number of halogens is 3. The fraction of sp³-hybridized carbons (Fsp3) is 0.297. The molecule has 2 aliphatic heterocycles. The second kappa shape index (κ2) is 10.9. The molecule has 5 atom stereocenters. The van der Waals surface area contributed by atoms with Gasteiger partial charge in [-0.3, -0.25) is 14.5 Å². The Labute approximate surface area is 277 Å². The Morgan fingerprint density at radius 1 is 0.816 bits per heavy atom. The van der Waals surface area contributed by atoms with Crippen molar-refractivity contribution in [3.05, 3.63) is 94.6 Å². The van der Waals surface area contributed by atoms with Crippen LogP contribution < -0.4 is 0 Å². The number of carbonyl (C=O) groups excluding carboxylic acids is 2. The number of hydrogen-bond donors (Lipinski definition) is 4. The molecule has 1 saturated heterocycles. The molecule has 0 saturated carbocycles. The number of ether oxygens (including phenoxy) is 1. The SMILES string of the molecule is CC(C)(C)c1ccc(CN2C(=O)c3c(c4c5cc(F)ccc5n([C@@H]5O[C@H](CF)[C@@H](O)[C@H](O)[C@H]5O)c4c4[nH]c5ccc(F)cc5c34)C2=O)cc1. The van der Waals surface area contributed by atoms with E-state index < -0.39 is 60.8 Å². The fourth-order valence-electron chi connectivity index (χ4n) is 7.40. The van der Waals surface area contributed by atoms with E-state index in [1.54, 1.807) is 0 Å². The third-order valence-electron chi connectivity index (χ3n) is 9.88. The Bertz CT molecular complexity index is 2360. The predicted octanol–water partition coefficient (Wildman–Crippen LogP) is 5.75. The van der Waals surface area contributed by atoms with Gasteiger partial charge in [0, 0.05) is 27.1 Å². The topological polar surface area (TPSA) is 128 Å². The van der Waals surface area contributed by atoms with E-state index in [-0.39, 0.29) is 55.8 Å². The molecule has 0 spiro atoms. The van der Waals surface area contributed by atoms with Gasteiger partial charge < -0.3 is 29.6 Å². The molecular formula is C37H32F3N3O6. The van der Waals surface area contributed by atoms with Gasteiger partial charge in [-0.1, -0.05) is 45.0 Å². The van der Waals surface area contributed by atoms with E-state index in [4.69, 9.17) is 4.74 Å². The van der Waals surface area contributed by atoms with Gasteiger partial charge in [-0.2, -0.15) is 0 Å². The summed E-state index contributed by atoms with van der Waals surface area (Å²) in [6, 6.07) is 15.3. The number of H-pyrrole nitrogens is 1. The summed E-state index contributed by atoms with van der Waals surface area (Å²) < 4.78 is 51.2. The number of aliphatic hydroxyl groups excluding tert-OH is 3. The first-order chi connectivity index (χ1) is 23.3. The number of imide groups is 1. The van der Waals surface area contributed by atoms with Crippen LogP contribution in [0.4, 0.5) is 13.2 Å². The number of fused-ring (bicyclic) bond motifs is 10. The minimum absolute atomic E-state index is 0.00109. The van der Waals surface area contributed by atoms with Crippen molar-refractivity contribution in [2.24, 2.45) is 0 Å². The molecule has 0 bridgehead atoms. The number of aliphatic hydroxyl groups is 3. The number of nitrogens with zero attached hydrogens (tertiary/aromatic N) is 2. The highest BCUT2D eigenvalue weighted by molar-refractivity contribution is 6.39. The van der Waals surface area contributed by atoms with E-state index in [0.29, 0.717) is 16.5 Å². The number of nitrogens with one attached hydrogen (secondary N) is 1. The summed E-state index contributed by atoms with van der Waals surface area (Å²) in [5, 5.41) is 33.3. The van der Waals surface area contributed by atoms with Crippen LogP contribution in [0.1, 0.15) is 58.8 Å². The van der Waals surface area contributed by atoms with Crippen molar-refractivity contribution in [1.82, 2.24) is 14.5 Å². The van der Waals surface area contributed by atoms with Crippen molar-refractivity contribution in [3.8, 4) is 0 Å². The summed E-state index contributed by atoms with van der Waals surface area (Å²) in [6.45, 7) is 4.95. The summed E-state index contributed by atoms with van der Waals surface area (Å²) in [5.74, 6) is -2.54. The molecule has 0 unspecified atom stereocenters. The van der Waals surface area contributed by atoms with Crippen LogP contribution in [0.25, 0.3) is 43.6 Å². The van der Waals surface area contributed by atoms with Gasteiger partial charge >= 0.3 is 0 Å². The van der Waals surface area contributed by atoms with E-state index in [0.717, 1.165) is 16.5 Å². The molecule has 9 nitrogen and oxygen atoms in total. The predicted molar refractivity (Wildman–Crippen MR) is 176 cm³/mol. The summed E-state index contributed by atoms with van der Waals surface area (Å²) in [7, 11) is 0. The first-order valence-electron chi connectivity index (χ1n) is 15.9. The molecule has 1 fully saturated rings. The van der Waals surface area contributed by atoms with Crippen LogP contribution in [0.2, 0.25) is 0 Å². The summed E-state index contributed by atoms with van der Waals surface area (Å²) in [5.41, 5.74) is 2.67. The fourth-order valence-corrected chi connectivity index (χ4v) is 7.40. The van der Waals surface area contributed by atoms with E-state index in [9.17, 15) is 33.7 Å². The van der Waals surface area contributed by atoms with Gasteiger partial charge in [0.05, 0.1) is 34.2 Å². The van der Waals surface area contributed by atoms with Crippen molar-refractivity contribution < 1.29 is 42.8 Å². The number of carbonyl (C=O) groups is 2. The second-order valence-corrected chi connectivity index (χ2v) is 13.9. The molecule has 49 heavy (non-hydrogen) atoms. The minimum atomic E-state index is -1.82. The van der Waals surface area contributed by atoms with Crippen LogP contribution in [-0.2, 0) is 16.7 Å². The highest BCUT2D eigenvalue weighted by Gasteiger charge is 2.47. The van der Waals surface area contributed by atoms with Gasteiger partial charge in [0.15, 0.2) is 6.23 Å². The molecule has 4 aromatic carbocycles. The van der Waals surface area contributed by atoms with Crippen LogP contribution in [0.5, 0.6) is 0 Å². The molecule has 2 amide bonds.